The predicted octanol–water partition coefficient (Wildman–Crippen LogP) is 6.54. The molecule has 156 valence electrons. The Kier molecular flexibility index (Phi) is 5.82. The van der Waals surface area contributed by atoms with Crippen LogP contribution in [-0.2, 0) is 4.79 Å². The number of aliphatic carboxylic acids is 1. The number of thiophene rings is 1. The smallest absolute Gasteiger partial charge is 0.328 e. The number of hydrogen-bond acceptors (Lipinski definition) is 3. The van der Waals surface area contributed by atoms with Gasteiger partial charge in [-0.3, -0.25) is 5.10 Å². The van der Waals surface area contributed by atoms with Crippen molar-refractivity contribution in [2.24, 2.45) is 0 Å². The Morgan fingerprint density at radius 1 is 1.16 bits per heavy atom. The van der Waals surface area contributed by atoms with E-state index in [1.807, 2.05) is 30.3 Å². The molecule has 0 aliphatic heterocycles. The van der Waals surface area contributed by atoms with Gasteiger partial charge in [-0.2, -0.15) is 16.4 Å². The fourth-order valence-corrected chi connectivity index (χ4v) is 4.63. The Hall–Kier alpha value is -3.51. The number of allylic oxidation sites excluding steroid dienone is 1. The third-order valence-corrected chi connectivity index (χ3v) is 6.14. The summed E-state index contributed by atoms with van der Waals surface area (Å²) in [6, 6.07) is 11.1. The number of H-pyrrole nitrogens is 1. The number of rotatable bonds is 6. The predicted molar refractivity (Wildman–Crippen MR) is 124 cm³/mol. The molecule has 0 saturated heterocycles. The Bertz CT molecular complexity index is 1310. The zero-order chi connectivity index (χ0) is 22.0. The van der Waals surface area contributed by atoms with Gasteiger partial charge in [0.2, 0.25) is 0 Å². The van der Waals surface area contributed by atoms with Crippen LogP contribution in [-0.4, -0.2) is 21.3 Å². The first-order valence-electron chi connectivity index (χ1n) is 9.89. The second kappa shape index (κ2) is 8.70. The summed E-state index contributed by atoms with van der Waals surface area (Å²) in [5, 5.41) is 20.3. The summed E-state index contributed by atoms with van der Waals surface area (Å²) < 4.78 is 15.6. The summed E-state index contributed by atoms with van der Waals surface area (Å²) in [7, 11) is 0. The van der Waals surface area contributed by atoms with Gasteiger partial charge < -0.3 is 5.11 Å². The highest BCUT2D eigenvalue weighted by atomic mass is 32.1. The second-order valence-corrected chi connectivity index (χ2v) is 7.97. The fourth-order valence-electron chi connectivity index (χ4n) is 3.77. The van der Waals surface area contributed by atoms with E-state index in [1.54, 1.807) is 17.4 Å². The molecule has 6 heteroatoms. The molecule has 0 aliphatic rings. The molecule has 0 saturated carbocycles. The van der Waals surface area contributed by atoms with Crippen molar-refractivity contribution < 1.29 is 14.3 Å². The number of carboxylic acid groups (broad SMARTS) is 1. The average Bonchev–Trinajstić information content (AvgIpc) is 3.41. The molecule has 0 aliphatic carbocycles. The molecule has 2 aromatic carbocycles. The van der Waals surface area contributed by atoms with E-state index < -0.39 is 5.97 Å². The van der Waals surface area contributed by atoms with Crippen LogP contribution in [0, 0.1) is 12.7 Å². The Balaban J connectivity index is 1.95. The number of carboxylic acids is 1. The van der Waals surface area contributed by atoms with Gasteiger partial charge in [-0.05, 0) is 75.7 Å². The maximum absolute atomic E-state index is 15.6. The van der Waals surface area contributed by atoms with Crippen molar-refractivity contribution in [2.75, 3.05) is 0 Å². The van der Waals surface area contributed by atoms with Crippen LogP contribution in [0.5, 0.6) is 0 Å². The van der Waals surface area contributed by atoms with Crippen molar-refractivity contribution in [1.29, 1.82) is 0 Å². The Labute approximate surface area is 183 Å². The minimum absolute atomic E-state index is 0.310. The van der Waals surface area contributed by atoms with E-state index >= 15 is 4.39 Å². The number of nitrogens with zero attached hydrogens (tertiary/aromatic N) is 1. The minimum Gasteiger partial charge on any atom is -0.478 e. The second-order valence-electron chi connectivity index (χ2n) is 7.23. The van der Waals surface area contributed by atoms with Crippen LogP contribution in [0.15, 0.2) is 59.4 Å². The summed E-state index contributed by atoms with van der Waals surface area (Å²) in [5.41, 5.74) is 6.98. The standard InChI is InChI=1S/C25H21FN2O2S/c1-3-18(21-14-31-13-15(21)2)24(17-7-4-16(5-8-17)6-11-23(29)30)19-9-10-22-20(25(19)26)12-27-28-22/h4-14H,3H2,1-2H3,(H,27,28)(H,29,30). The number of nitrogens with one attached hydrogen (secondary N) is 1. The van der Waals surface area contributed by atoms with E-state index in [9.17, 15) is 4.79 Å². The number of benzene rings is 2. The van der Waals surface area contributed by atoms with Crippen LogP contribution >= 0.6 is 11.3 Å². The first kappa shape index (κ1) is 20.8. The molecule has 0 unspecified atom stereocenters. The normalized spacial score (nSPS) is 12.5. The number of aromatic nitrogens is 2. The van der Waals surface area contributed by atoms with Gasteiger partial charge in [0.05, 0.1) is 17.1 Å². The molecule has 0 amide bonds. The van der Waals surface area contributed by atoms with Crippen molar-refractivity contribution >= 4 is 45.4 Å². The number of aromatic amines is 1. The highest BCUT2D eigenvalue weighted by Gasteiger charge is 2.19. The third kappa shape index (κ3) is 4.07. The highest BCUT2D eigenvalue weighted by Crippen LogP contribution is 2.39. The summed E-state index contributed by atoms with van der Waals surface area (Å²) in [5.74, 6) is -1.31. The lowest BCUT2D eigenvalue weighted by Crippen LogP contribution is -1.98. The molecule has 2 heterocycles. The largest absolute Gasteiger partial charge is 0.478 e. The van der Waals surface area contributed by atoms with Gasteiger partial charge in [0.15, 0.2) is 0 Å². The van der Waals surface area contributed by atoms with Gasteiger partial charge in [-0.1, -0.05) is 31.2 Å². The van der Waals surface area contributed by atoms with Crippen molar-refractivity contribution in [3.05, 3.63) is 93.1 Å². The molecule has 4 aromatic rings. The zero-order valence-corrected chi connectivity index (χ0v) is 18.0. The SMILES string of the molecule is CCC(=C(c1ccc(C=CC(=O)O)cc1)c1ccc2[nH]ncc2c1F)c1cscc1C. The molecule has 4 nitrogen and oxygen atoms in total. The lowest BCUT2D eigenvalue weighted by Gasteiger charge is -2.17. The molecule has 0 radical (unpaired) electrons. The summed E-state index contributed by atoms with van der Waals surface area (Å²) >= 11 is 1.63. The summed E-state index contributed by atoms with van der Waals surface area (Å²) in [4.78, 5) is 10.8. The van der Waals surface area contributed by atoms with E-state index in [4.69, 9.17) is 5.11 Å². The molecule has 2 N–H and O–H groups in total. The number of carbonyl (C=O) groups is 1. The van der Waals surface area contributed by atoms with Crippen LogP contribution in [0.4, 0.5) is 4.39 Å². The average molecular weight is 433 g/mol. The van der Waals surface area contributed by atoms with E-state index in [-0.39, 0.29) is 5.82 Å². The van der Waals surface area contributed by atoms with E-state index in [0.29, 0.717) is 16.5 Å². The van der Waals surface area contributed by atoms with Crippen LogP contribution in [0.3, 0.4) is 0 Å². The van der Waals surface area contributed by atoms with Crippen LogP contribution in [0.2, 0.25) is 0 Å². The minimum atomic E-state index is -0.999. The van der Waals surface area contributed by atoms with Crippen molar-refractivity contribution in [1.82, 2.24) is 10.2 Å². The maximum Gasteiger partial charge on any atom is 0.328 e. The van der Waals surface area contributed by atoms with Crippen LogP contribution in [0.25, 0.3) is 28.1 Å². The highest BCUT2D eigenvalue weighted by molar-refractivity contribution is 7.08. The van der Waals surface area contributed by atoms with Gasteiger partial charge in [0.25, 0.3) is 0 Å². The van der Waals surface area contributed by atoms with Gasteiger partial charge in [0.1, 0.15) is 5.82 Å². The number of aryl methyl sites for hydroxylation is 1. The molecule has 0 spiro atoms. The first-order chi connectivity index (χ1) is 15.0. The topological polar surface area (TPSA) is 66.0 Å². The number of halogens is 1. The fraction of sp³-hybridized carbons (Fsp3) is 0.120. The van der Waals surface area contributed by atoms with E-state index in [2.05, 4.69) is 34.8 Å². The van der Waals surface area contributed by atoms with Crippen molar-refractivity contribution in [3.63, 3.8) is 0 Å². The molecular formula is C25H21FN2O2S. The van der Waals surface area contributed by atoms with Crippen molar-refractivity contribution in [3.8, 4) is 0 Å². The van der Waals surface area contributed by atoms with Gasteiger partial charge in [-0.15, -0.1) is 0 Å². The number of hydrogen-bond donors (Lipinski definition) is 2. The molecule has 31 heavy (non-hydrogen) atoms. The van der Waals surface area contributed by atoms with Crippen molar-refractivity contribution in [2.45, 2.75) is 20.3 Å². The molecule has 0 atom stereocenters. The molecular weight excluding hydrogens is 411 g/mol. The first-order valence-corrected chi connectivity index (χ1v) is 10.8. The van der Waals surface area contributed by atoms with Gasteiger partial charge in [-0.25, -0.2) is 9.18 Å². The Morgan fingerprint density at radius 3 is 2.58 bits per heavy atom. The van der Waals surface area contributed by atoms with Crippen LogP contribution < -0.4 is 0 Å². The lowest BCUT2D eigenvalue weighted by atomic mass is 9.87. The molecule has 0 bridgehead atoms. The number of fused-ring (bicyclic) bond motifs is 1. The zero-order valence-electron chi connectivity index (χ0n) is 17.1. The monoisotopic (exact) mass is 432 g/mol. The van der Waals surface area contributed by atoms with E-state index in [0.717, 1.165) is 45.9 Å². The molecule has 2 aromatic heterocycles. The maximum atomic E-state index is 15.6. The Morgan fingerprint density at radius 2 is 1.94 bits per heavy atom. The lowest BCUT2D eigenvalue weighted by molar-refractivity contribution is -0.131. The molecule has 4 rings (SSSR count). The van der Waals surface area contributed by atoms with Gasteiger partial charge >= 0.3 is 5.97 Å². The quantitative estimate of drug-likeness (QED) is 0.340. The van der Waals surface area contributed by atoms with Gasteiger partial charge in [0, 0.05) is 11.6 Å². The van der Waals surface area contributed by atoms with E-state index in [1.165, 1.54) is 12.3 Å². The summed E-state index contributed by atoms with van der Waals surface area (Å²) in [6.07, 6.45) is 4.88. The third-order valence-electron chi connectivity index (χ3n) is 5.28. The summed E-state index contributed by atoms with van der Waals surface area (Å²) in [6.45, 7) is 4.14. The molecule has 0 fully saturated rings. The van der Waals surface area contributed by atoms with Crippen LogP contribution in [0.1, 0.15) is 41.2 Å².